The lowest BCUT2D eigenvalue weighted by atomic mass is 10.0. The van der Waals surface area contributed by atoms with Crippen LogP contribution in [-0.2, 0) is 9.47 Å². The fourth-order valence-corrected chi connectivity index (χ4v) is 2.21. The maximum Gasteiger partial charge on any atom is 0.508 e. The number of hydrogen-bond donors (Lipinski definition) is 1. The summed E-state index contributed by atoms with van der Waals surface area (Å²) in [6.45, 7) is 9.66. The highest BCUT2D eigenvalue weighted by Crippen LogP contribution is 2.15. The van der Waals surface area contributed by atoms with E-state index in [-0.39, 0.29) is 6.15 Å². The maximum atomic E-state index is 11.6. The molecule has 0 amide bonds. The highest BCUT2D eigenvalue weighted by Gasteiger charge is 2.13. The first-order valence-electron chi connectivity index (χ1n) is 8.47. The third-order valence-electron chi connectivity index (χ3n) is 3.96. The maximum absolute atomic E-state index is 11.6. The average molecular weight is 303 g/mol. The molecule has 0 spiro atoms. The monoisotopic (exact) mass is 303 g/mol. The Morgan fingerprint density at radius 1 is 0.810 bits per heavy atom. The molecule has 3 N–H and O–H groups in total. The van der Waals surface area contributed by atoms with Gasteiger partial charge in [-0.15, -0.1) is 0 Å². The van der Waals surface area contributed by atoms with E-state index < -0.39 is 6.16 Å². The van der Waals surface area contributed by atoms with Gasteiger partial charge in [0.2, 0.25) is 0 Å². The molecule has 0 fully saturated rings. The van der Waals surface area contributed by atoms with Crippen LogP contribution in [0.3, 0.4) is 0 Å². The van der Waals surface area contributed by atoms with Crippen molar-refractivity contribution in [2.45, 2.75) is 79.1 Å². The number of carbonyl (C=O) groups is 1. The molecule has 4 nitrogen and oxygen atoms in total. The normalized spacial score (nSPS) is 13.1. The van der Waals surface area contributed by atoms with Crippen molar-refractivity contribution in [3.63, 3.8) is 0 Å². The Hall–Kier alpha value is -0.770. The van der Waals surface area contributed by atoms with Crippen LogP contribution in [0.5, 0.6) is 0 Å². The van der Waals surface area contributed by atoms with Crippen LogP contribution in [-0.4, -0.2) is 19.4 Å². The van der Waals surface area contributed by atoms with E-state index in [4.69, 9.17) is 9.47 Å². The summed E-state index contributed by atoms with van der Waals surface area (Å²) in [5.41, 5.74) is 0. The molecule has 2 atom stereocenters. The first kappa shape index (κ1) is 22.5. The van der Waals surface area contributed by atoms with Crippen LogP contribution < -0.4 is 6.15 Å². The van der Waals surface area contributed by atoms with E-state index in [1.807, 2.05) is 0 Å². The molecule has 0 aromatic heterocycles. The van der Waals surface area contributed by atoms with Gasteiger partial charge >= 0.3 is 6.16 Å². The van der Waals surface area contributed by atoms with Crippen LogP contribution in [0.2, 0.25) is 0 Å². The van der Waals surface area contributed by atoms with E-state index in [2.05, 4.69) is 27.7 Å². The van der Waals surface area contributed by atoms with E-state index >= 15 is 0 Å². The molecule has 2 unspecified atom stereocenters. The molecule has 21 heavy (non-hydrogen) atoms. The smallest absolute Gasteiger partial charge is 0.434 e. The number of ether oxygens (including phenoxy) is 2. The zero-order valence-electron chi connectivity index (χ0n) is 14.7. The van der Waals surface area contributed by atoms with E-state index in [1.54, 1.807) is 0 Å². The van der Waals surface area contributed by atoms with E-state index in [0.29, 0.717) is 25.0 Å². The minimum Gasteiger partial charge on any atom is -0.434 e. The van der Waals surface area contributed by atoms with Crippen LogP contribution in [0.15, 0.2) is 0 Å². The second kappa shape index (κ2) is 15.6. The highest BCUT2D eigenvalue weighted by molar-refractivity contribution is 5.59. The number of rotatable bonds is 12. The summed E-state index contributed by atoms with van der Waals surface area (Å²) in [7, 11) is 0. The molecule has 0 radical (unpaired) electrons. The van der Waals surface area contributed by atoms with Crippen LogP contribution in [0, 0.1) is 11.8 Å². The van der Waals surface area contributed by atoms with Gasteiger partial charge in [-0.2, -0.15) is 0 Å². The summed E-state index contributed by atoms with van der Waals surface area (Å²) >= 11 is 0. The SMILES string of the molecule is CCCCC(CC)COC(=O)OCC(CC)CCCC.N. The Bertz CT molecular complexity index is 212. The third-order valence-corrected chi connectivity index (χ3v) is 3.96. The fourth-order valence-electron chi connectivity index (χ4n) is 2.21. The van der Waals surface area contributed by atoms with Gasteiger partial charge < -0.3 is 15.6 Å². The highest BCUT2D eigenvalue weighted by atomic mass is 16.7. The van der Waals surface area contributed by atoms with Crippen molar-refractivity contribution < 1.29 is 14.3 Å². The summed E-state index contributed by atoms with van der Waals surface area (Å²) < 4.78 is 10.5. The van der Waals surface area contributed by atoms with Gasteiger partial charge in [0.05, 0.1) is 13.2 Å². The molecular weight excluding hydrogens is 266 g/mol. The lowest BCUT2D eigenvalue weighted by Crippen LogP contribution is -2.18. The first-order chi connectivity index (χ1) is 9.67. The van der Waals surface area contributed by atoms with Gasteiger partial charge in [-0.3, -0.25) is 0 Å². The van der Waals surface area contributed by atoms with E-state index in [1.165, 1.54) is 25.7 Å². The van der Waals surface area contributed by atoms with Gasteiger partial charge in [0.25, 0.3) is 0 Å². The van der Waals surface area contributed by atoms with Gasteiger partial charge in [-0.25, -0.2) is 4.79 Å². The molecule has 0 saturated carbocycles. The molecule has 0 aliphatic carbocycles. The number of carbonyl (C=O) groups excluding carboxylic acids is 1. The van der Waals surface area contributed by atoms with Gasteiger partial charge in [0.1, 0.15) is 0 Å². The summed E-state index contributed by atoms with van der Waals surface area (Å²) in [5, 5.41) is 0. The quantitative estimate of drug-likeness (QED) is 0.467. The molecule has 0 bridgehead atoms. The van der Waals surface area contributed by atoms with Crippen molar-refractivity contribution in [3.8, 4) is 0 Å². The molecule has 0 aliphatic rings. The van der Waals surface area contributed by atoms with Crippen LogP contribution >= 0.6 is 0 Å². The standard InChI is InChI=1S/C17H34O3.H3N/c1-5-9-11-15(7-3)13-19-17(18)20-14-16(8-4)12-10-6-2;/h15-16H,5-14H2,1-4H3;1H3. The van der Waals surface area contributed by atoms with Gasteiger partial charge in [0, 0.05) is 0 Å². The van der Waals surface area contributed by atoms with Crippen LogP contribution in [0.25, 0.3) is 0 Å². The second-order valence-corrected chi connectivity index (χ2v) is 5.71. The van der Waals surface area contributed by atoms with Gasteiger partial charge in [0.15, 0.2) is 0 Å². The zero-order valence-corrected chi connectivity index (χ0v) is 14.7. The lowest BCUT2D eigenvalue weighted by Gasteiger charge is -2.17. The van der Waals surface area contributed by atoms with Crippen molar-refractivity contribution in [3.05, 3.63) is 0 Å². The van der Waals surface area contributed by atoms with Gasteiger partial charge in [-0.05, 0) is 24.7 Å². The average Bonchev–Trinajstić information content (AvgIpc) is 2.47. The third kappa shape index (κ3) is 12.7. The summed E-state index contributed by atoms with van der Waals surface area (Å²) in [6.07, 6.45) is 8.67. The Morgan fingerprint density at radius 2 is 1.19 bits per heavy atom. The van der Waals surface area contributed by atoms with Crippen molar-refractivity contribution in [1.82, 2.24) is 6.15 Å². The molecule has 0 aromatic carbocycles. The minimum absolute atomic E-state index is 0. The molecule has 0 heterocycles. The Morgan fingerprint density at radius 3 is 1.48 bits per heavy atom. The molecule has 4 heteroatoms. The van der Waals surface area contributed by atoms with Crippen molar-refractivity contribution in [2.75, 3.05) is 13.2 Å². The Labute approximate surface area is 131 Å². The Kier molecular flexibility index (Phi) is 16.7. The molecule has 0 aliphatic heterocycles. The second-order valence-electron chi connectivity index (χ2n) is 5.71. The fraction of sp³-hybridized carbons (Fsp3) is 0.941. The largest absolute Gasteiger partial charge is 0.508 e. The van der Waals surface area contributed by atoms with Gasteiger partial charge in [-0.1, -0.05) is 66.2 Å². The summed E-state index contributed by atoms with van der Waals surface area (Å²) in [5.74, 6) is 0.953. The predicted molar refractivity (Wildman–Crippen MR) is 88.9 cm³/mol. The zero-order chi connectivity index (χ0) is 15.2. The minimum atomic E-state index is -0.491. The molecule has 0 aromatic rings. The van der Waals surface area contributed by atoms with Crippen LogP contribution in [0.4, 0.5) is 4.79 Å². The van der Waals surface area contributed by atoms with Crippen LogP contribution in [0.1, 0.15) is 79.1 Å². The molecular formula is C17H37NO3. The summed E-state index contributed by atoms with van der Waals surface area (Å²) in [6, 6.07) is 0. The van der Waals surface area contributed by atoms with E-state index in [0.717, 1.165) is 25.7 Å². The molecule has 128 valence electrons. The first-order valence-corrected chi connectivity index (χ1v) is 8.47. The van der Waals surface area contributed by atoms with E-state index in [9.17, 15) is 4.79 Å². The topological polar surface area (TPSA) is 70.5 Å². The van der Waals surface area contributed by atoms with Crippen molar-refractivity contribution in [2.24, 2.45) is 11.8 Å². The molecule has 0 rings (SSSR count). The lowest BCUT2D eigenvalue weighted by molar-refractivity contribution is 0.0316. The number of unbranched alkanes of at least 4 members (excludes halogenated alkanes) is 2. The predicted octanol–water partition coefficient (Wildman–Crippen LogP) is 5.73. The number of hydrogen-bond acceptors (Lipinski definition) is 4. The summed E-state index contributed by atoms with van der Waals surface area (Å²) in [4.78, 5) is 11.6. The van der Waals surface area contributed by atoms with Crippen molar-refractivity contribution in [1.29, 1.82) is 0 Å². The van der Waals surface area contributed by atoms with Crippen molar-refractivity contribution >= 4 is 6.16 Å². The molecule has 0 saturated heterocycles. The Balaban J connectivity index is 0.